The molecule has 0 radical (unpaired) electrons. The number of aryl methyl sites for hydroxylation is 1. The summed E-state index contributed by atoms with van der Waals surface area (Å²) in [5, 5.41) is 10.4. The first-order valence-electron chi connectivity index (χ1n) is 6.39. The highest BCUT2D eigenvalue weighted by molar-refractivity contribution is 5.43. The van der Waals surface area contributed by atoms with Gasteiger partial charge < -0.3 is 9.84 Å². The van der Waals surface area contributed by atoms with E-state index in [9.17, 15) is 13.9 Å². The summed E-state index contributed by atoms with van der Waals surface area (Å²) in [4.78, 5) is 0. The van der Waals surface area contributed by atoms with Gasteiger partial charge in [-0.2, -0.15) is 0 Å². The third-order valence-electron chi connectivity index (χ3n) is 3.02. The van der Waals surface area contributed by atoms with Gasteiger partial charge in [-0.25, -0.2) is 8.78 Å². The molecule has 0 amide bonds. The van der Waals surface area contributed by atoms with Crippen LogP contribution in [-0.4, -0.2) is 11.7 Å². The zero-order valence-electron chi connectivity index (χ0n) is 11.4. The summed E-state index contributed by atoms with van der Waals surface area (Å²) in [5.41, 5.74) is 1.42. The lowest BCUT2D eigenvalue weighted by Crippen LogP contribution is -2.06. The van der Waals surface area contributed by atoms with Crippen molar-refractivity contribution in [1.82, 2.24) is 0 Å². The molecule has 2 rings (SSSR count). The molecule has 0 aromatic heterocycles. The molecule has 0 saturated carbocycles. The Labute approximate surface area is 116 Å². The zero-order valence-corrected chi connectivity index (χ0v) is 11.4. The quantitative estimate of drug-likeness (QED) is 0.923. The van der Waals surface area contributed by atoms with Crippen LogP contribution in [-0.2, 0) is 0 Å². The van der Waals surface area contributed by atoms with E-state index in [0.29, 0.717) is 17.9 Å². The summed E-state index contributed by atoms with van der Waals surface area (Å²) >= 11 is 0. The van der Waals surface area contributed by atoms with Crippen molar-refractivity contribution in [2.45, 2.75) is 20.0 Å². The Balaban J connectivity index is 2.46. The van der Waals surface area contributed by atoms with E-state index in [-0.39, 0.29) is 5.56 Å². The number of aliphatic hydroxyl groups excluding tert-OH is 1. The van der Waals surface area contributed by atoms with E-state index in [2.05, 4.69) is 0 Å². The number of ether oxygens (including phenoxy) is 1. The first-order valence-corrected chi connectivity index (χ1v) is 6.39. The van der Waals surface area contributed by atoms with Crippen LogP contribution in [0.25, 0.3) is 0 Å². The molecule has 2 aromatic carbocycles. The second kappa shape index (κ2) is 6.01. The number of hydrogen-bond acceptors (Lipinski definition) is 2. The van der Waals surface area contributed by atoms with Gasteiger partial charge >= 0.3 is 0 Å². The molecule has 106 valence electrons. The number of rotatable bonds is 4. The molecule has 20 heavy (non-hydrogen) atoms. The smallest absolute Gasteiger partial charge is 0.132 e. The van der Waals surface area contributed by atoms with Gasteiger partial charge in [0.15, 0.2) is 0 Å². The van der Waals surface area contributed by atoms with Gasteiger partial charge in [0.1, 0.15) is 23.5 Å². The van der Waals surface area contributed by atoms with Crippen molar-refractivity contribution in [3.8, 4) is 5.75 Å². The molecule has 0 fully saturated rings. The van der Waals surface area contributed by atoms with Crippen LogP contribution < -0.4 is 4.74 Å². The van der Waals surface area contributed by atoms with Crippen molar-refractivity contribution in [1.29, 1.82) is 0 Å². The Hall–Kier alpha value is -1.94. The predicted octanol–water partition coefficient (Wildman–Crippen LogP) is 3.75. The highest BCUT2D eigenvalue weighted by Gasteiger charge is 2.19. The summed E-state index contributed by atoms with van der Waals surface area (Å²) in [6, 6.07) is 8.44. The molecule has 1 atom stereocenters. The minimum absolute atomic E-state index is 0.0259. The fourth-order valence-electron chi connectivity index (χ4n) is 2.06. The first-order chi connectivity index (χ1) is 9.52. The Morgan fingerprint density at radius 1 is 1.10 bits per heavy atom. The summed E-state index contributed by atoms with van der Waals surface area (Å²) in [6.07, 6.45) is -1.20. The van der Waals surface area contributed by atoms with Crippen molar-refractivity contribution in [2.75, 3.05) is 6.61 Å². The summed E-state index contributed by atoms with van der Waals surface area (Å²) in [5.74, 6) is -0.955. The molecule has 0 bridgehead atoms. The van der Waals surface area contributed by atoms with E-state index < -0.39 is 17.7 Å². The van der Waals surface area contributed by atoms with E-state index in [1.165, 1.54) is 6.07 Å². The van der Waals surface area contributed by atoms with Crippen LogP contribution in [0.15, 0.2) is 36.4 Å². The van der Waals surface area contributed by atoms with Crippen LogP contribution in [0.3, 0.4) is 0 Å². The maximum atomic E-state index is 13.8. The average molecular weight is 278 g/mol. The second-order valence-electron chi connectivity index (χ2n) is 4.54. The zero-order chi connectivity index (χ0) is 14.7. The molecule has 0 aliphatic carbocycles. The lowest BCUT2D eigenvalue weighted by molar-refractivity contribution is 0.206. The number of benzene rings is 2. The number of halogens is 2. The van der Waals surface area contributed by atoms with Crippen molar-refractivity contribution in [3.05, 3.63) is 64.7 Å². The Morgan fingerprint density at radius 3 is 2.50 bits per heavy atom. The maximum Gasteiger partial charge on any atom is 0.132 e. The molecule has 1 unspecified atom stereocenters. The van der Waals surface area contributed by atoms with E-state index in [1.54, 1.807) is 12.1 Å². The largest absolute Gasteiger partial charge is 0.493 e. The molecule has 1 N–H and O–H groups in total. The minimum atomic E-state index is -1.20. The van der Waals surface area contributed by atoms with E-state index in [1.807, 2.05) is 19.9 Å². The van der Waals surface area contributed by atoms with Gasteiger partial charge in [-0.05, 0) is 32.0 Å². The average Bonchev–Trinajstić information content (AvgIpc) is 2.40. The third-order valence-corrected chi connectivity index (χ3v) is 3.02. The fourth-order valence-corrected chi connectivity index (χ4v) is 2.06. The number of hydrogen-bond donors (Lipinski definition) is 1. The highest BCUT2D eigenvalue weighted by atomic mass is 19.1. The maximum absolute atomic E-state index is 13.8. The molecule has 0 aliphatic heterocycles. The summed E-state index contributed by atoms with van der Waals surface area (Å²) in [6.45, 7) is 4.14. The fraction of sp³-hybridized carbons (Fsp3) is 0.250. The molecule has 0 saturated heterocycles. The van der Waals surface area contributed by atoms with Crippen LogP contribution in [0.5, 0.6) is 5.75 Å². The monoisotopic (exact) mass is 278 g/mol. The lowest BCUT2D eigenvalue weighted by atomic mass is 9.98. The van der Waals surface area contributed by atoms with Gasteiger partial charge in [0.25, 0.3) is 0 Å². The predicted molar refractivity (Wildman–Crippen MR) is 72.8 cm³/mol. The lowest BCUT2D eigenvalue weighted by Gasteiger charge is -2.17. The third kappa shape index (κ3) is 2.96. The Kier molecular flexibility index (Phi) is 4.35. The van der Waals surface area contributed by atoms with Crippen LogP contribution >= 0.6 is 0 Å². The van der Waals surface area contributed by atoms with Crippen LogP contribution in [0.4, 0.5) is 8.78 Å². The van der Waals surface area contributed by atoms with Gasteiger partial charge in [0, 0.05) is 17.2 Å². The molecule has 2 nitrogen and oxygen atoms in total. The molecule has 0 spiro atoms. The highest BCUT2D eigenvalue weighted by Crippen LogP contribution is 2.32. The van der Waals surface area contributed by atoms with Gasteiger partial charge in [-0.3, -0.25) is 0 Å². The van der Waals surface area contributed by atoms with Crippen molar-refractivity contribution in [2.24, 2.45) is 0 Å². The molecular formula is C16H16F2O2. The standard InChI is InChI=1S/C16H16F2O2/c1-3-20-15-7-4-10(2)8-13(15)16(19)12-6-5-11(17)9-14(12)18/h4-9,16,19H,3H2,1-2H3. The van der Waals surface area contributed by atoms with Crippen molar-refractivity contribution < 1.29 is 18.6 Å². The molecular weight excluding hydrogens is 262 g/mol. The van der Waals surface area contributed by atoms with E-state index >= 15 is 0 Å². The van der Waals surface area contributed by atoms with Crippen LogP contribution in [0.1, 0.15) is 29.7 Å². The van der Waals surface area contributed by atoms with Gasteiger partial charge in [0.2, 0.25) is 0 Å². The van der Waals surface area contributed by atoms with Crippen molar-refractivity contribution in [3.63, 3.8) is 0 Å². The van der Waals surface area contributed by atoms with E-state index in [4.69, 9.17) is 4.74 Å². The number of aliphatic hydroxyl groups is 1. The SMILES string of the molecule is CCOc1ccc(C)cc1C(O)c1ccc(F)cc1F. The Morgan fingerprint density at radius 2 is 1.85 bits per heavy atom. The summed E-state index contributed by atoms with van der Waals surface area (Å²) in [7, 11) is 0. The van der Waals surface area contributed by atoms with Crippen molar-refractivity contribution >= 4 is 0 Å². The normalized spacial score (nSPS) is 12.2. The molecule has 4 heteroatoms. The van der Waals surface area contributed by atoms with Crippen LogP contribution in [0, 0.1) is 18.6 Å². The minimum Gasteiger partial charge on any atom is -0.493 e. The van der Waals surface area contributed by atoms with Gasteiger partial charge in [-0.15, -0.1) is 0 Å². The van der Waals surface area contributed by atoms with Gasteiger partial charge in [-0.1, -0.05) is 17.7 Å². The van der Waals surface area contributed by atoms with Crippen LogP contribution in [0.2, 0.25) is 0 Å². The first kappa shape index (κ1) is 14.5. The van der Waals surface area contributed by atoms with Gasteiger partial charge in [0.05, 0.1) is 6.61 Å². The summed E-state index contributed by atoms with van der Waals surface area (Å²) < 4.78 is 32.1. The Bertz CT molecular complexity index is 611. The molecule has 0 aliphatic rings. The van der Waals surface area contributed by atoms with E-state index in [0.717, 1.165) is 17.7 Å². The molecule has 0 heterocycles. The topological polar surface area (TPSA) is 29.5 Å². The second-order valence-corrected chi connectivity index (χ2v) is 4.54. The molecule has 2 aromatic rings.